The molecule has 1 aliphatic rings. The third kappa shape index (κ3) is 7.45. The SMILES string of the molecule is [CH2-]N(CCC(O)c1nc(C)cs1)C(=O)CNC(=O)C1NCC(C)(C)CC1C.[Y]. The van der Waals surface area contributed by atoms with Crippen molar-refractivity contribution in [3.63, 3.8) is 0 Å². The number of nitrogens with zero attached hydrogens (tertiary/aromatic N) is 2. The van der Waals surface area contributed by atoms with Crippen LogP contribution >= 0.6 is 11.3 Å². The number of carbonyl (C=O) groups is 2. The third-order valence-corrected chi connectivity index (χ3v) is 5.95. The van der Waals surface area contributed by atoms with Gasteiger partial charge < -0.3 is 20.6 Å². The van der Waals surface area contributed by atoms with Crippen LogP contribution in [0, 0.1) is 25.3 Å². The van der Waals surface area contributed by atoms with Gasteiger partial charge in [-0.3, -0.25) is 16.6 Å². The Labute approximate surface area is 196 Å². The molecule has 28 heavy (non-hydrogen) atoms. The molecule has 1 fully saturated rings. The summed E-state index contributed by atoms with van der Waals surface area (Å²) in [6.45, 7) is 9.25. The van der Waals surface area contributed by atoms with Gasteiger partial charge >= 0.3 is 0 Å². The van der Waals surface area contributed by atoms with Gasteiger partial charge in [0.1, 0.15) is 11.1 Å². The fraction of sp³-hybridized carbons (Fsp3) is 0.684. The second kappa shape index (κ2) is 11.1. The molecule has 3 atom stereocenters. The van der Waals surface area contributed by atoms with E-state index in [-0.39, 0.29) is 68.4 Å². The summed E-state index contributed by atoms with van der Waals surface area (Å²) in [5.74, 6) is -0.232. The molecule has 3 N–H and O–H groups in total. The molecule has 1 radical (unpaired) electrons. The fourth-order valence-electron chi connectivity index (χ4n) is 3.44. The van der Waals surface area contributed by atoms with E-state index in [1.165, 1.54) is 16.2 Å². The standard InChI is InChI=1S/C19H31N4O3S.Y/c1-12-8-19(3,4)11-21-16(12)17(26)20-9-15(25)23(5)7-6-14(24)18-22-13(2)10-27-18;/h10,12,14,16,21,24H,5-9,11H2,1-4H3,(H,20,26);/q-1;. The number of thiazole rings is 1. The Morgan fingerprint density at radius 1 is 1.54 bits per heavy atom. The molecule has 2 heterocycles. The zero-order chi connectivity index (χ0) is 20.2. The molecule has 9 heteroatoms. The van der Waals surface area contributed by atoms with Gasteiger partial charge in [0.25, 0.3) is 0 Å². The van der Waals surface area contributed by atoms with E-state index in [2.05, 4.69) is 43.4 Å². The van der Waals surface area contributed by atoms with Crippen LogP contribution in [0.25, 0.3) is 0 Å². The summed E-state index contributed by atoms with van der Waals surface area (Å²) in [5, 5.41) is 18.6. The maximum Gasteiger partial charge on any atom is 0.237 e. The Morgan fingerprint density at radius 2 is 2.21 bits per heavy atom. The van der Waals surface area contributed by atoms with Gasteiger partial charge in [-0.25, -0.2) is 4.98 Å². The van der Waals surface area contributed by atoms with E-state index in [9.17, 15) is 14.7 Å². The van der Waals surface area contributed by atoms with Crippen LogP contribution in [0.4, 0.5) is 0 Å². The van der Waals surface area contributed by atoms with Crippen LogP contribution in [0.1, 0.15) is 50.4 Å². The molecule has 1 aromatic rings. The minimum Gasteiger partial charge on any atom is -0.494 e. The predicted octanol–water partition coefficient (Wildman–Crippen LogP) is 1.63. The van der Waals surface area contributed by atoms with Crippen LogP contribution in [0.5, 0.6) is 0 Å². The van der Waals surface area contributed by atoms with Gasteiger partial charge in [0.05, 0.1) is 12.6 Å². The average Bonchev–Trinajstić information content (AvgIpc) is 3.02. The Morgan fingerprint density at radius 3 is 2.79 bits per heavy atom. The molecule has 1 aromatic heterocycles. The van der Waals surface area contributed by atoms with Gasteiger partial charge in [0.15, 0.2) is 0 Å². The number of carbonyl (C=O) groups excluding carboxylic acids is 2. The van der Waals surface area contributed by atoms with Crippen molar-refractivity contribution in [2.75, 3.05) is 19.6 Å². The summed E-state index contributed by atoms with van der Waals surface area (Å²) in [7, 11) is 3.72. The number of hydrogen-bond donors (Lipinski definition) is 3. The smallest absolute Gasteiger partial charge is 0.237 e. The van der Waals surface area contributed by atoms with Crippen LogP contribution < -0.4 is 10.6 Å². The number of piperidine rings is 1. The van der Waals surface area contributed by atoms with Gasteiger partial charge in [0.2, 0.25) is 11.8 Å². The van der Waals surface area contributed by atoms with E-state index in [1.807, 2.05) is 12.3 Å². The Kier molecular flexibility index (Phi) is 10.2. The second-order valence-electron chi connectivity index (χ2n) is 8.21. The molecule has 7 nitrogen and oxygen atoms in total. The van der Waals surface area contributed by atoms with Crippen LogP contribution in [-0.4, -0.2) is 52.5 Å². The number of hydrogen-bond acceptors (Lipinski definition) is 6. The third-order valence-electron chi connectivity index (χ3n) is 4.89. The van der Waals surface area contributed by atoms with E-state index >= 15 is 0 Å². The Hall–Kier alpha value is -0.406. The van der Waals surface area contributed by atoms with Crippen molar-refractivity contribution in [3.05, 3.63) is 23.1 Å². The summed E-state index contributed by atoms with van der Waals surface area (Å²) in [4.78, 5) is 30.1. The summed E-state index contributed by atoms with van der Waals surface area (Å²) in [5.41, 5.74) is 1.04. The first-order valence-corrected chi connectivity index (χ1v) is 10.2. The number of nitrogens with one attached hydrogen (secondary N) is 2. The van der Waals surface area contributed by atoms with Crippen molar-refractivity contribution in [2.45, 2.75) is 52.7 Å². The van der Waals surface area contributed by atoms with Crippen LogP contribution in [-0.2, 0) is 42.3 Å². The van der Waals surface area contributed by atoms with Crippen molar-refractivity contribution >= 4 is 23.2 Å². The Balaban J connectivity index is 0.00000392. The quantitative estimate of drug-likeness (QED) is 0.512. The molecule has 155 valence electrons. The van der Waals surface area contributed by atoms with Crippen molar-refractivity contribution in [3.8, 4) is 0 Å². The first kappa shape index (κ1) is 25.6. The largest absolute Gasteiger partial charge is 0.494 e. The molecule has 2 amide bonds. The maximum atomic E-state index is 12.4. The Bertz CT molecular complexity index is 667. The zero-order valence-electron chi connectivity index (χ0n) is 17.2. The molecule has 1 saturated heterocycles. The normalized spacial score (nSPS) is 22.1. The van der Waals surface area contributed by atoms with E-state index in [0.29, 0.717) is 18.0 Å². The van der Waals surface area contributed by atoms with Crippen molar-refractivity contribution < 1.29 is 47.4 Å². The number of amides is 2. The summed E-state index contributed by atoms with van der Waals surface area (Å²) < 4.78 is 0. The summed E-state index contributed by atoms with van der Waals surface area (Å²) >= 11 is 1.40. The average molecular weight is 484 g/mol. The minimum atomic E-state index is -0.717. The maximum absolute atomic E-state index is 12.4. The van der Waals surface area contributed by atoms with E-state index in [1.54, 1.807) is 0 Å². The fourth-order valence-corrected chi connectivity index (χ4v) is 4.25. The van der Waals surface area contributed by atoms with E-state index < -0.39 is 6.10 Å². The van der Waals surface area contributed by atoms with Gasteiger partial charge in [-0.05, 0) is 37.6 Å². The van der Waals surface area contributed by atoms with E-state index in [4.69, 9.17) is 0 Å². The first-order valence-electron chi connectivity index (χ1n) is 9.31. The monoisotopic (exact) mass is 484 g/mol. The van der Waals surface area contributed by atoms with Gasteiger partial charge in [-0.15, -0.1) is 11.3 Å². The molecule has 0 saturated carbocycles. The zero-order valence-corrected chi connectivity index (χ0v) is 20.9. The molecule has 0 aliphatic carbocycles. The molecular weight excluding hydrogens is 453 g/mol. The number of aliphatic hydroxyl groups excluding tert-OH is 1. The van der Waals surface area contributed by atoms with Gasteiger partial charge in [0, 0.05) is 50.3 Å². The molecule has 0 bridgehead atoms. The van der Waals surface area contributed by atoms with Crippen molar-refractivity contribution in [1.82, 2.24) is 20.5 Å². The van der Waals surface area contributed by atoms with Crippen LogP contribution in [0.15, 0.2) is 5.38 Å². The molecular formula is C19H31N4O3SY-. The minimum absolute atomic E-state index is 0. The number of rotatable bonds is 7. The summed E-state index contributed by atoms with van der Waals surface area (Å²) in [6, 6.07) is -0.279. The van der Waals surface area contributed by atoms with Crippen molar-refractivity contribution in [1.29, 1.82) is 0 Å². The van der Waals surface area contributed by atoms with Gasteiger partial charge in [-0.1, -0.05) is 20.8 Å². The van der Waals surface area contributed by atoms with Crippen molar-refractivity contribution in [2.24, 2.45) is 11.3 Å². The molecule has 2 rings (SSSR count). The number of aromatic nitrogens is 1. The summed E-state index contributed by atoms with van der Waals surface area (Å²) in [6.07, 6.45) is 0.597. The molecule has 1 aliphatic heterocycles. The second-order valence-corrected chi connectivity index (χ2v) is 9.10. The van der Waals surface area contributed by atoms with Crippen LogP contribution in [0.3, 0.4) is 0 Å². The predicted molar refractivity (Wildman–Crippen MR) is 106 cm³/mol. The first-order chi connectivity index (χ1) is 12.6. The molecule has 3 unspecified atom stereocenters. The number of aliphatic hydroxyl groups is 1. The molecule has 0 spiro atoms. The topological polar surface area (TPSA) is 94.6 Å². The molecule has 0 aromatic carbocycles. The number of aryl methyl sites for hydroxylation is 1. The van der Waals surface area contributed by atoms with E-state index in [0.717, 1.165) is 18.7 Å². The van der Waals surface area contributed by atoms with Crippen LogP contribution in [0.2, 0.25) is 0 Å². The van der Waals surface area contributed by atoms with Gasteiger partial charge in [-0.2, -0.15) is 0 Å².